The van der Waals surface area contributed by atoms with Crippen LogP contribution in [-0.4, -0.2) is 27.1 Å². The van der Waals surface area contributed by atoms with Crippen molar-refractivity contribution in [3.8, 4) is 0 Å². The molecule has 0 aliphatic heterocycles. The topological polar surface area (TPSA) is 122 Å². The van der Waals surface area contributed by atoms with Crippen LogP contribution in [0.2, 0.25) is 0 Å². The molecular weight excluding hydrogens is 482 g/mol. The van der Waals surface area contributed by atoms with Crippen molar-refractivity contribution in [1.29, 1.82) is 0 Å². The van der Waals surface area contributed by atoms with Gasteiger partial charge in [-0.1, -0.05) is 23.8 Å². The van der Waals surface area contributed by atoms with Crippen molar-refractivity contribution in [2.24, 2.45) is 0 Å². The van der Waals surface area contributed by atoms with Gasteiger partial charge in [-0.2, -0.15) is 8.75 Å². The number of hydrogen-bond donors (Lipinski definition) is 3. The van der Waals surface area contributed by atoms with E-state index in [4.69, 9.17) is 0 Å². The quantitative estimate of drug-likeness (QED) is 0.270. The van der Waals surface area contributed by atoms with Gasteiger partial charge in [0.25, 0.3) is 10.0 Å². The highest BCUT2D eigenvalue weighted by atomic mass is 32.2. The lowest BCUT2D eigenvalue weighted by Crippen LogP contribution is -2.13. The van der Waals surface area contributed by atoms with E-state index in [2.05, 4.69) is 34.1 Å². The lowest BCUT2D eigenvalue weighted by Gasteiger charge is -2.12. The zero-order valence-electron chi connectivity index (χ0n) is 18.9. The van der Waals surface area contributed by atoms with Gasteiger partial charge >= 0.3 is 0 Å². The first-order valence-electron chi connectivity index (χ1n) is 10.7. The Morgan fingerprint density at radius 2 is 1.34 bits per heavy atom. The standard InChI is InChI=1S/C24H21N7O2S2/c1-15-6-8-17(9-7-15)27-22-14-23(26-16(2)25-22)28-18-10-12-19(13-11-18)31-35(32,33)21-5-3-4-20-24(21)30-34-29-20/h3-14,31H,1-2H3,(H2,25,26,27,28). The molecule has 11 heteroatoms. The van der Waals surface area contributed by atoms with E-state index < -0.39 is 10.0 Å². The fourth-order valence-corrected chi connectivity index (χ4v) is 5.28. The van der Waals surface area contributed by atoms with Crippen LogP contribution in [0.5, 0.6) is 0 Å². The minimum atomic E-state index is -3.82. The van der Waals surface area contributed by atoms with Crippen molar-refractivity contribution in [1.82, 2.24) is 18.7 Å². The third-order valence-electron chi connectivity index (χ3n) is 5.11. The number of benzene rings is 3. The van der Waals surface area contributed by atoms with Gasteiger partial charge in [0, 0.05) is 23.1 Å². The Morgan fingerprint density at radius 3 is 2.00 bits per heavy atom. The Hall–Kier alpha value is -4.09. The van der Waals surface area contributed by atoms with Gasteiger partial charge in [-0.05, 0) is 62.4 Å². The first-order valence-corrected chi connectivity index (χ1v) is 12.9. The van der Waals surface area contributed by atoms with Crippen LogP contribution >= 0.6 is 11.7 Å². The van der Waals surface area contributed by atoms with Crippen LogP contribution < -0.4 is 15.4 Å². The summed E-state index contributed by atoms with van der Waals surface area (Å²) < 4.78 is 36.7. The summed E-state index contributed by atoms with van der Waals surface area (Å²) in [6.45, 7) is 3.86. The average Bonchev–Trinajstić information content (AvgIpc) is 3.30. The number of anilines is 5. The van der Waals surface area contributed by atoms with Crippen molar-refractivity contribution in [2.45, 2.75) is 18.7 Å². The summed E-state index contributed by atoms with van der Waals surface area (Å²) in [6, 6.07) is 21.6. The van der Waals surface area contributed by atoms with E-state index in [0.717, 1.165) is 23.1 Å². The molecule has 2 heterocycles. The molecule has 0 amide bonds. The number of fused-ring (bicyclic) bond motifs is 1. The molecular formula is C24H21N7O2S2. The van der Waals surface area contributed by atoms with Gasteiger partial charge in [-0.3, -0.25) is 4.72 Å². The van der Waals surface area contributed by atoms with Crippen molar-refractivity contribution in [3.63, 3.8) is 0 Å². The predicted octanol–water partition coefficient (Wildman–Crippen LogP) is 5.39. The van der Waals surface area contributed by atoms with Crippen LogP contribution in [0.4, 0.5) is 28.7 Å². The Labute approximate surface area is 206 Å². The smallest absolute Gasteiger partial charge is 0.264 e. The third kappa shape index (κ3) is 5.20. The number of sulfonamides is 1. The number of nitrogens with one attached hydrogen (secondary N) is 3. The Morgan fingerprint density at radius 1 is 0.743 bits per heavy atom. The zero-order valence-corrected chi connectivity index (χ0v) is 20.5. The maximum Gasteiger partial charge on any atom is 0.264 e. The molecule has 0 bridgehead atoms. The van der Waals surface area contributed by atoms with Gasteiger partial charge in [0.15, 0.2) is 0 Å². The van der Waals surface area contributed by atoms with E-state index in [1.165, 1.54) is 11.6 Å². The summed E-state index contributed by atoms with van der Waals surface area (Å²) in [5, 5.41) is 6.52. The van der Waals surface area contributed by atoms with Gasteiger partial charge in [-0.25, -0.2) is 18.4 Å². The van der Waals surface area contributed by atoms with Gasteiger partial charge in [0.2, 0.25) is 0 Å². The molecule has 0 saturated heterocycles. The number of aromatic nitrogens is 4. The van der Waals surface area contributed by atoms with E-state index in [1.807, 2.05) is 44.2 Å². The van der Waals surface area contributed by atoms with Gasteiger partial charge in [-0.15, -0.1) is 0 Å². The summed E-state index contributed by atoms with van der Waals surface area (Å²) in [7, 11) is -3.82. The lowest BCUT2D eigenvalue weighted by molar-refractivity contribution is 0.602. The molecule has 5 rings (SSSR count). The van der Waals surface area contributed by atoms with Crippen LogP contribution in [0.1, 0.15) is 11.4 Å². The van der Waals surface area contributed by atoms with Gasteiger partial charge in [0.1, 0.15) is 33.4 Å². The van der Waals surface area contributed by atoms with E-state index >= 15 is 0 Å². The molecule has 0 saturated carbocycles. The zero-order chi connectivity index (χ0) is 24.4. The monoisotopic (exact) mass is 503 g/mol. The molecule has 0 fully saturated rings. The number of hydrogen-bond acceptors (Lipinski definition) is 9. The molecule has 0 atom stereocenters. The molecule has 176 valence electrons. The Bertz CT molecular complexity index is 1600. The highest BCUT2D eigenvalue weighted by Crippen LogP contribution is 2.25. The molecule has 0 aliphatic carbocycles. The van der Waals surface area contributed by atoms with Crippen molar-refractivity contribution < 1.29 is 8.42 Å². The largest absolute Gasteiger partial charge is 0.340 e. The highest BCUT2D eigenvalue weighted by Gasteiger charge is 2.19. The molecule has 3 N–H and O–H groups in total. The average molecular weight is 504 g/mol. The summed E-state index contributed by atoms with van der Waals surface area (Å²) in [5.74, 6) is 1.89. The maximum absolute atomic E-state index is 12.9. The van der Waals surface area contributed by atoms with Crippen molar-refractivity contribution in [2.75, 3.05) is 15.4 Å². The van der Waals surface area contributed by atoms with Gasteiger partial charge in [0.05, 0.1) is 11.7 Å². The first-order chi connectivity index (χ1) is 16.9. The predicted molar refractivity (Wildman–Crippen MR) is 139 cm³/mol. The SMILES string of the molecule is Cc1ccc(Nc2cc(Nc3ccc(NS(=O)(=O)c4cccc5nsnc45)cc3)nc(C)n2)cc1. The summed E-state index contributed by atoms with van der Waals surface area (Å²) in [4.78, 5) is 8.98. The fraction of sp³-hybridized carbons (Fsp3) is 0.0833. The lowest BCUT2D eigenvalue weighted by atomic mass is 10.2. The first kappa shape index (κ1) is 22.7. The van der Waals surface area contributed by atoms with Crippen LogP contribution in [0.3, 0.4) is 0 Å². The van der Waals surface area contributed by atoms with Crippen LogP contribution in [0.15, 0.2) is 77.7 Å². The molecule has 5 aromatic rings. The minimum Gasteiger partial charge on any atom is -0.340 e. The molecule has 0 spiro atoms. The molecule has 0 unspecified atom stereocenters. The third-order valence-corrected chi connectivity index (χ3v) is 7.07. The normalized spacial score (nSPS) is 11.4. The van der Waals surface area contributed by atoms with Crippen LogP contribution in [0.25, 0.3) is 11.0 Å². The molecule has 0 radical (unpaired) electrons. The summed E-state index contributed by atoms with van der Waals surface area (Å²) >= 11 is 0.980. The van der Waals surface area contributed by atoms with E-state index in [-0.39, 0.29) is 4.90 Å². The fourth-order valence-electron chi connectivity index (χ4n) is 3.46. The molecule has 3 aromatic carbocycles. The summed E-state index contributed by atoms with van der Waals surface area (Å²) in [5.41, 5.74) is 4.20. The second-order valence-corrected chi connectivity index (χ2v) is 10.1. The van der Waals surface area contributed by atoms with Crippen LogP contribution in [0, 0.1) is 13.8 Å². The second-order valence-electron chi connectivity index (χ2n) is 7.87. The molecule has 9 nitrogen and oxygen atoms in total. The molecule has 2 aromatic heterocycles. The molecule has 35 heavy (non-hydrogen) atoms. The van der Waals surface area contributed by atoms with Crippen molar-refractivity contribution in [3.05, 3.63) is 84.2 Å². The second kappa shape index (κ2) is 9.28. The number of aryl methyl sites for hydroxylation is 2. The van der Waals surface area contributed by atoms with Crippen LogP contribution in [-0.2, 0) is 10.0 Å². The van der Waals surface area contributed by atoms with Crippen molar-refractivity contribution >= 4 is 61.5 Å². The van der Waals surface area contributed by atoms with Gasteiger partial charge < -0.3 is 10.6 Å². The highest BCUT2D eigenvalue weighted by molar-refractivity contribution is 7.93. The maximum atomic E-state index is 12.9. The number of nitrogens with zero attached hydrogens (tertiary/aromatic N) is 4. The Balaban J connectivity index is 1.31. The van der Waals surface area contributed by atoms with E-state index in [0.29, 0.717) is 34.2 Å². The molecule has 0 aliphatic rings. The number of rotatable bonds is 7. The Kier molecular flexibility index (Phi) is 6.01. The summed E-state index contributed by atoms with van der Waals surface area (Å²) in [6.07, 6.45) is 0. The van der Waals surface area contributed by atoms with E-state index in [9.17, 15) is 8.42 Å². The minimum absolute atomic E-state index is 0.0935. The van der Waals surface area contributed by atoms with E-state index in [1.54, 1.807) is 36.4 Å².